The van der Waals surface area contributed by atoms with Crippen LogP contribution in [0.2, 0.25) is 0 Å². The molecule has 1 atom stereocenters. The van der Waals surface area contributed by atoms with Gasteiger partial charge < -0.3 is 0 Å². The van der Waals surface area contributed by atoms with Crippen molar-refractivity contribution in [1.82, 2.24) is 0 Å². The topological polar surface area (TPSA) is 68.3 Å². The molecular weight excluding hydrogens is 240 g/mol. The zero-order valence-electron chi connectivity index (χ0n) is 9.56. The van der Waals surface area contributed by atoms with E-state index in [0.29, 0.717) is 5.56 Å². The number of hydrogen-bond donors (Lipinski definition) is 0. The van der Waals surface area contributed by atoms with Gasteiger partial charge in [-0.3, -0.25) is 9.59 Å². The van der Waals surface area contributed by atoms with E-state index in [9.17, 15) is 18.0 Å². The predicted octanol–water partition coefficient (Wildman–Crippen LogP) is 1.26. The summed E-state index contributed by atoms with van der Waals surface area (Å²) in [5.74, 6) is -0.789. The number of benzene rings is 1. The summed E-state index contributed by atoms with van der Waals surface area (Å²) < 4.78 is 21.8. The zero-order chi connectivity index (χ0) is 12.8. The standard InChI is InChI=1S/C12H12O4S/c1-12(17(2,15)16)7-10(13)8-5-3-4-6-9(8)11(12)14/h3-6H,7H2,1-2H3. The molecule has 1 aliphatic carbocycles. The summed E-state index contributed by atoms with van der Waals surface area (Å²) in [5, 5.41) is 0. The fourth-order valence-electron chi connectivity index (χ4n) is 1.99. The van der Waals surface area contributed by atoms with Gasteiger partial charge in [0, 0.05) is 23.8 Å². The maximum absolute atomic E-state index is 12.2. The van der Waals surface area contributed by atoms with E-state index in [1.54, 1.807) is 18.2 Å². The Labute approximate surface area is 99.6 Å². The van der Waals surface area contributed by atoms with Crippen LogP contribution >= 0.6 is 0 Å². The molecule has 1 aliphatic rings. The number of rotatable bonds is 1. The van der Waals surface area contributed by atoms with Crippen LogP contribution < -0.4 is 0 Å². The zero-order valence-corrected chi connectivity index (χ0v) is 10.4. The molecule has 0 aromatic heterocycles. The normalized spacial score (nSPS) is 24.6. The molecule has 5 heteroatoms. The first-order valence-corrected chi connectivity index (χ1v) is 7.03. The van der Waals surface area contributed by atoms with Crippen molar-refractivity contribution in [2.24, 2.45) is 0 Å². The Bertz CT molecular complexity index is 615. The quantitative estimate of drug-likeness (QED) is 0.754. The van der Waals surface area contributed by atoms with E-state index in [1.807, 2.05) is 0 Å². The molecule has 4 nitrogen and oxygen atoms in total. The number of sulfone groups is 1. The van der Waals surface area contributed by atoms with Crippen molar-refractivity contribution in [1.29, 1.82) is 0 Å². The molecule has 2 rings (SSSR count). The minimum absolute atomic E-state index is 0.205. The minimum atomic E-state index is -3.62. The van der Waals surface area contributed by atoms with Crippen LogP contribution in [0.4, 0.5) is 0 Å². The summed E-state index contributed by atoms with van der Waals surface area (Å²) in [5.41, 5.74) is 0.523. The molecular formula is C12H12O4S. The minimum Gasteiger partial charge on any atom is -0.294 e. The molecule has 0 saturated heterocycles. The van der Waals surface area contributed by atoms with Gasteiger partial charge in [0.15, 0.2) is 21.4 Å². The lowest BCUT2D eigenvalue weighted by atomic mass is 9.82. The molecule has 0 N–H and O–H groups in total. The third kappa shape index (κ3) is 1.61. The van der Waals surface area contributed by atoms with Gasteiger partial charge in [0.2, 0.25) is 0 Å². The Balaban J connectivity index is 2.70. The third-order valence-electron chi connectivity index (χ3n) is 3.27. The predicted molar refractivity (Wildman–Crippen MR) is 63.0 cm³/mol. The van der Waals surface area contributed by atoms with E-state index in [0.717, 1.165) is 6.26 Å². The fourth-order valence-corrected chi connectivity index (χ4v) is 2.83. The maximum Gasteiger partial charge on any atom is 0.184 e. The molecule has 1 aromatic carbocycles. The lowest BCUT2D eigenvalue weighted by molar-refractivity contribution is 0.0852. The monoisotopic (exact) mass is 252 g/mol. The molecule has 1 aromatic rings. The first-order chi connectivity index (χ1) is 7.77. The van der Waals surface area contributed by atoms with Gasteiger partial charge in [-0.1, -0.05) is 24.3 Å². The summed E-state index contributed by atoms with van der Waals surface area (Å²) in [6, 6.07) is 6.33. The van der Waals surface area contributed by atoms with E-state index >= 15 is 0 Å². The van der Waals surface area contributed by atoms with Gasteiger partial charge in [-0.15, -0.1) is 0 Å². The molecule has 90 valence electrons. The molecule has 0 spiro atoms. The maximum atomic E-state index is 12.2. The number of carbonyl (C=O) groups excluding carboxylic acids is 2. The average Bonchev–Trinajstić information content (AvgIpc) is 2.25. The largest absolute Gasteiger partial charge is 0.294 e. The van der Waals surface area contributed by atoms with Crippen LogP contribution in [-0.4, -0.2) is 31.0 Å². The molecule has 0 radical (unpaired) electrons. The SMILES string of the molecule is CC1(S(C)(=O)=O)CC(=O)c2ccccc2C1=O. The Hall–Kier alpha value is -1.49. The number of Topliss-reactive ketones (excluding diaryl/α,β-unsaturated/α-hetero) is 2. The summed E-state index contributed by atoms with van der Waals surface area (Å²) in [4.78, 5) is 24.1. The van der Waals surface area contributed by atoms with Crippen molar-refractivity contribution < 1.29 is 18.0 Å². The first-order valence-electron chi connectivity index (χ1n) is 5.14. The second kappa shape index (κ2) is 3.50. The molecule has 0 saturated carbocycles. The van der Waals surface area contributed by atoms with E-state index in [1.165, 1.54) is 13.0 Å². The molecule has 17 heavy (non-hydrogen) atoms. The Morgan fingerprint density at radius 2 is 1.65 bits per heavy atom. The highest BCUT2D eigenvalue weighted by Crippen LogP contribution is 2.33. The highest BCUT2D eigenvalue weighted by Gasteiger charge is 2.49. The second-order valence-corrected chi connectivity index (χ2v) is 6.92. The van der Waals surface area contributed by atoms with Crippen molar-refractivity contribution >= 4 is 21.4 Å². The van der Waals surface area contributed by atoms with Gasteiger partial charge in [-0.05, 0) is 6.92 Å². The van der Waals surface area contributed by atoms with Crippen LogP contribution in [0.3, 0.4) is 0 Å². The van der Waals surface area contributed by atoms with Crippen molar-refractivity contribution in [3.8, 4) is 0 Å². The highest BCUT2D eigenvalue weighted by molar-refractivity contribution is 7.93. The van der Waals surface area contributed by atoms with Gasteiger partial charge in [-0.2, -0.15) is 0 Å². The summed E-state index contributed by atoms with van der Waals surface area (Å²) in [7, 11) is -3.62. The third-order valence-corrected chi connectivity index (χ3v) is 5.24. The van der Waals surface area contributed by atoms with Gasteiger partial charge in [0.1, 0.15) is 4.75 Å². The number of carbonyl (C=O) groups is 2. The second-order valence-electron chi connectivity index (χ2n) is 4.48. The van der Waals surface area contributed by atoms with Gasteiger partial charge in [0.25, 0.3) is 0 Å². The van der Waals surface area contributed by atoms with Crippen LogP contribution in [0.5, 0.6) is 0 Å². The van der Waals surface area contributed by atoms with Crippen molar-refractivity contribution in [2.45, 2.75) is 18.1 Å². The molecule has 0 heterocycles. The average molecular weight is 252 g/mol. The lowest BCUT2D eigenvalue weighted by Crippen LogP contribution is -2.48. The fraction of sp³-hybridized carbons (Fsp3) is 0.333. The molecule has 0 bridgehead atoms. The van der Waals surface area contributed by atoms with Crippen LogP contribution in [0.1, 0.15) is 34.1 Å². The highest BCUT2D eigenvalue weighted by atomic mass is 32.2. The lowest BCUT2D eigenvalue weighted by Gasteiger charge is -2.30. The van der Waals surface area contributed by atoms with Crippen LogP contribution in [-0.2, 0) is 9.84 Å². The molecule has 0 amide bonds. The van der Waals surface area contributed by atoms with E-state index in [-0.39, 0.29) is 17.8 Å². The first kappa shape index (κ1) is 12.0. The van der Waals surface area contributed by atoms with Gasteiger partial charge in [-0.25, -0.2) is 8.42 Å². The molecule has 0 fully saturated rings. The van der Waals surface area contributed by atoms with E-state index in [4.69, 9.17) is 0 Å². The molecule has 1 unspecified atom stereocenters. The number of hydrogen-bond acceptors (Lipinski definition) is 4. The number of fused-ring (bicyclic) bond motifs is 1. The van der Waals surface area contributed by atoms with Crippen molar-refractivity contribution in [3.05, 3.63) is 35.4 Å². The Kier molecular flexibility index (Phi) is 2.47. The summed E-state index contributed by atoms with van der Waals surface area (Å²) in [6.07, 6.45) is 0.716. The van der Waals surface area contributed by atoms with Crippen molar-refractivity contribution in [3.63, 3.8) is 0 Å². The van der Waals surface area contributed by atoms with Gasteiger partial charge >= 0.3 is 0 Å². The van der Waals surface area contributed by atoms with Crippen molar-refractivity contribution in [2.75, 3.05) is 6.26 Å². The van der Waals surface area contributed by atoms with Crippen LogP contribution in [0.25, 0.3) is 0 Å². The smallest absolute Gasteiger partial charge is 0.184 e. The van der Waals surface area contributed by atoms with E-state index < -0.39 is 20.4 Å². The summed E-state index contributed by atoms with van der Waals surface area (Å²) >= 11 is 0. The Morgan fingerprint density at radius 1 is 1.12 bits per heavy atom. The Morgan fingerprint density at radius 3 is 2.18 bits per heavy atom. The van der Waals surface area contributed by atoms with Crippen LogP contribution in [0.15, 0.2) is 24.3 Å². The van der Waals surface area contributed by atoms with E-state index in [2.05, 4.69) is 0 Å². The van der Waals surface area contributed by atoms with Crippen LogP contribution in [0, 0.1) is 0 Å². The summed E-state index contributed by atoms with van der Waals surface area (Å²) in [6.45, 7) is 1.32. The van der Waals surface area contributed by atoms with Gasteiger partial charge in [0.05, 0.1) is 0 Å². The molecule has 0 aliphatic heterocycles. The number of ketones is 2.